The zero-order valence-electron chi connectivity index (χ0n) is 10.3. The van der Waals surface area contributed by atoms with Gasteiger partial charge < -0.3 is 16.0 Å². The number of thiocarbonyl (C=S) groups is 1. The highest BCUT2D eigenvalue weighted by Gasteiger charge is 2.16. The minimum atomic E-state index is -0.0704. The first-order chi connectivity index (χ1) is 8.56. The van der Waals surface area contributed by atoms with Gasteiger partial charge in [0.1, 0.15) is 0 Å². The molecule has 0 bridgehead atoms. The second-order valence-corrected chi connectivity index (χ2v) is 4.59. The number of nitrogens with one attached hydrogen (secondary N) is 4. The molecule has 1 fully saturated rings. The average molecular weight is 268 g/mol. The average Bonchev–Trinajstić information content (AvgIpc) is 2.64. The third-order valence-electron chi connectivity index (χ3n) is 2.69. The van der Waals surface area contributed by atoms with E-state index in [1.165, 1.54) is 0 Å². The van der Waals surface area contributed by atoms with Gasteiger partial charge in [-0.1, -0.05) is 0 Å². The van der Waals surface area contributed by atoms with E-state index in [9.17, 15) is 4.79 Å². The predicted octanol–water partition coefficient (Wildman–Crippen LogP) is -0.340. The number of hydrogen-bond donors (Lipinski definition) is 4. The van der Waals surface area contributed by atoms with E-state index in [0.717, 1.165) is 17.1 Å². The molecule has 2 heterocycles. The molecule has 1 amide bonds. The van der Waals surface area contributed by atoms with Crippen molar-refractivity contribution in [3.05, 3.63) is 11.4 Å². The van der Waals surface area contributed by atoms with Crippen LogP contribution < -0.4 is 16.0 Å². The molecule has 2 rings (SSSR count). The predicted molar refractivity (Wildman–Crippen MR) is 72.0 cm³/mol. The highest BCUT2D eigenvalue weighted by Crippen LogP contribution is 2.15. The number of H-pyrrole nitrogens is 1. The smallest absolute Gasteiger partial charge is 0.238 e. The topological polar surface area (TPSA) is 85.1 Å². The van der Waals surface area contributed by atoms with Crippen molar-refractivity contribution in [1.82, 2.24) is 25.7 Å². The monoisotopic (exact) mass is 268 g/mol. The fourth-order valence-electron chi connectivity index (χ4n) is 1.71. The number of amides is 1. The number of nitrogens with zero attached hydrogens (tertiary/aromatic N) is 2. The van der Waals surface area contributed by atoms with Crippen LogP contribution in [0.3, 0.4) is 0 Å². The van der Waals surface area contributed by atoms with Gasteiger partial charge in [-0.15, -0.1) is 0 Å². The van der Waals surface area contributed by atoms with Crippen LogP contribution in [-0.2, 0) is 4.79 Å². The van der Waals surface area contributed by atoms with E-state index < -0.39 is 0 Å². The fourth-order valence-corrected chi connectivity index (χ4v) is 1.84. The van der Waals surface area contributed by atoms with Crippen LogP contribution in [0.25, 0.3) is 0 Å². The van der Waals surface area contributed by atoms with Crippen LogP contribution in [0.15, 0.2) is 0 Å². The van der Waals surface area contributed by atoms with Gasteiger partial charge in [0.05, 0.1) is 37.0 Å². The molecule has 0 aromatic carbocycles. The van der Waals surface area contributed by atoms with Crippen molar-refractivity contribution in [3.8, 4) is 0 Å². The van der Waals surface area contributed by atoms with E-state index in [0.29, 0.717) is 25.0 Å². The summed E-state index contributed by atoms with van der Waals surface area (Å²) in [6.07, 6.45) is 0. The fraction of sp³-hybridized carbons (Fsp3) is 0.500. The van der Waals surface area contributed by atoms with Gasteiger partial charge in [0.25, 0.3) is 0 Å². The normalized spacial score (nSPS) is 16.0. The number of aryl methyl sites for hydroxylation is 2. The molecule has 7 nitrogen and oxygen atoms in total. The molecule has 4 N–H and O–H groups in total. The van der Waals surface area contributed by atoms with Crippen LogP contribution in [0, 0.1) is 13.8 Å². The van der Waals surface area contributed by atoms with Crippen LogP contribution in [0.4, 0.5) is 5.69 Å². The highest BCUT2D eigenvalue weighted by molar-refractivity contribution is 7.80. The van der Waals surface area contributed by atoms with Gasteiger partial charge in [-0.05, 0) is 26.1 Å². The van der Waals surface area contributed by atoms with E-state index in [2.05, 4.69) is 26.1 Å². The van der Waals surface area contributed by atoms with Gasteiger partial charge >= 0.3 is 0 Å². The molecule has 0 aliphatic carbocycles. The van der Waals surface area contributed by atoms with Gasteiger partial charge in [-0.3, -0.25) is 14.8 Å². The molecule has 0 unspecified atom stereocenters. The Hall–Kier alpha value is -1.67. The minimum Gasteiger partial charge on any atom is -0.350 e. The van der Waals surface area contributed by atoms with Gasteiger partial charge in [0.2, 0.25) is 5.91 Å². The maximum absolute atomic E-state index is 11.9. The molecule has 1 aliphatic heterocycles. The van der Waals surface area contributed by atoms with Crippen LogP contribution in [-0.4, -0.2) is 46.0 Å². The van der Waals surface area contributed by atoms with Crippen molar-refractivity contribution in [3.63, 3.8) is 0 Å². The van der Waals surface area contributed by atoms with E-state index in [4.69, 9.17) is 12.2 Å². The van der Waals surface area contributed by atoms with Crippen molar-refractivity contribution in [2.45, 2.75) is 13.8 Å². The van der Waals surface area contributed by atoms with Crippen LogP contribution in [0.1, 0.15) is 11.4 Å². The number of carbonyl (C=O) groups is 1. The third kappa shape index (κ3) is 2.96. The molecule has 18 heavy (non-hydrogen) atoms. The Morgan fingerprint density at radius 3 is 2.67 bits per heavy atom. The van der Waals surface area contributed by atoms with E-state index >= 15 is 0 Å². The van der Waals surface area contributed by atoms with E-state index in [-0.39, 0.29) is 5.91 Å². The van der Waals surface area contributed by atoms with Gasteiger partial charge in [-0.2, -0.15) is 5.10 Å². The van der Waals surface area contributed by atoms with Crippen molar-refractivity contribution < 1.29 is 4.79 Å². The Morgan fingerprint density at radius 1 is 1.44 bits per heavy atom. The number of hydrogen-bond acceptors (Lipinski definition) is 4. The molecule has 1 aromatic heterocycles. The summed E-state index contributed by atoms with van der Waals surface area (Å²) in [6, 6.07) is 0. The van der Waals surface area contributed by atoms with Crippen molar-refractivity contribution >= 4 is 28.9 Å². The molecule has 0 radical (unpaired) electrons. The zero-order valence-corrected chi connectivity index (χ0v) is 11.1. The van der Waals surface area contributed by atoms with Gasteiger partial charge in [0.15, 0.2) is 5.11 Å². The SMILES string of the molecule is Cc1n[nH]c(C)c1NC(=O)CN1CNC(=S)NC1. The lowest BCUT2D eigenvalue weighted by Crippen LogP contribution is -2.55. The Kier molecular flexibility index (Phi) is 3.78. The third-order valence-corrected chi connectivity index (χ3v) is 2.97. The summed E-state index contributed by atoms with van der Waals surface area (Å²) in [4.78, 5) is 13.8. The first-order valence-electron chi connectivity index (χ1n) is 5.61. The molecule has 0 atom stereocenters. The minimum absolute atomic E-state index is 0.0704. The summed E-state index contributed by atoms with van der Waals surface area (Å²) >= 11 is 4.94. The van der Waals surface area contributed by atoms with E-state index in [1.54, 1.807) is 0 Å². The quantitative estimate of drug-likeness (QED) is 0.561. The molecule has 1 aliphatic rings. The van der Waals surface area contributed by atoms with E-state index in [1.807, 2.05) is 18.7 Å². The number of carbonyl (C=O) groups excluding carboxylic acids is 1. The molecule has 98 valence electrons. The van der Waals surface area contributed by atoms with Gasteiger partial charge in [-0.25, -0.2) is 0 Å². The zero-order chi connectivity index (χ0) is 13.1. The van der Waals surface area contributed by atoms with Crippen LogP contribution >= 0.6 is 12.2 Å². The second-order valence-electron chi connectivity index (χ2n) is 4.19. The number of rotatable bonds is 3. The number of aromatic amines is 1. The Balaban J connectivity index is 1.87. The molecule has 0 spiro atoms. The summed E-state index contributed by atoms with van der Waals surface area (Å²) in [5.74, 6) is -0.0704. The Morgan fingerprint density at radius 2 is 2.11 bits per heavy atom. The maximum Gasteiger partial charge on any atom is 0.238 e. The second kappa shape index (κ2) is 5.32. The summed E-state index contributed by atoms with van der Waals surface area (Å²) in [5.41, 5.74) is 2.40. The molecule has 1 saturated heterocycles. The summed E-state index contributed by atoms with van der Waals surface area (Å²) in [5, 5.41) is 16.3. The van der Waals surface area contributed by atoms with Crippen molar-refractivity contribution in [1.29, 1.82) is 0 Å². The summed E-state index contributed by atoms with van der Waals surface area (Å²) < 4.78 is 0. The standard InChI is InChI=1S/C10H16N6OS/c1-6-9(7(2)15-14-6)13-8(17)3-16-4-11-10(18)12-5-16/h3-5H2,1-2H3,(H,13,17)(H,14,15)(H2,11,12,18). The lowest BCUT2D eigenvalue weighted by Gasteiger charge is -2.28. The van der Waals surface area contributed by atoms with Crippen molar-refractivity contribution in [2.75, 3.05) is 25.2 Å². The number of anilines is 1. The van der Waals surface area contributed by atoms with Crippen LogP contribution in [0.2, 0.25) is 0 Å². The maximum atomic E-state index is 11.9. The lowest BCUT2D eigenvalue weighted by molar-refractivity contribution is -0.117. The molecular weight excluding hydrogens is 252 g/mol. The molecular formula is C10H16N6OS. The van der Waals surface area contributed by atoms with Crippen molar-refractivity contribution in [2.24, 2.45) is 0 Å². The molecule has 8 heteroatoms. The summed E-state index contributed by atoms with van der Waals surface area (Å²) in [7, 11) is 0. The largest absolute Gasteiger partial charge is 0.350 e. The highest BCUT2D eigenvalue weighted by atomic mass is 32.1. The number of aromatic nitrogens is 2. The molecule has 1 aromatic rings. The van der Waals surface area contributed by atoms with Crippen LogP contribution in [0.5, 0.6) is 0 Å². The Bertz CT molecular complexity index is 441. The first kappa shape index (κ1) is 12.8. The molecule has 0 saturated carbocycles. The summed E-state index contributed by atoms with van der Waals surface area (Å²) in [6.45, 7) is 5.16. The first-order valence-corrected chi connectivity index (χ1v) is 6.02. The Labute approximate surface area is 110 Å². The van der Waals surface area contributed by atoms with Gasteiger partial charge in [0, 0.05) is 0 Å². The lowest BCUT2D eigenvalue weighted by atomic mass is 10.3.